The molecule has 93 heavy (non-hydrogen) atoms. The van der Waals surface area contributed by atoms with Crippen LogP contribution in [0.3, 0.4) is 0 Å². The Hall–Kier alpha value is -11.0. The first-order chi connectivity index (χ1) is 46.1. The summed E-state index contributed by atoms with van der Waals surface area (Å²) in [6.07, 6.45) is 9.44. The number of benzene rings is 11. The van der Waals surface area contributed by atoms with Crippen molar-refractivity contribution >= 4 is 138 Å². The van der Waals surface area contributed by atoms with Gasteiger partial charge in [0.25, 0.3) is 0 Å². The van der Waals surface area contributed by atoms with Gasteiger partial charge in [-0.3, -0.25) is 4.90 Å². The first-order valence-electron chi connectivity index (χ1n) is 31.7. The SMILES string of the molecule is C1=NC=NC(N(c2ccc(C3CCC(c4ccccc4)O3)cc2)c2cc3c(c4sc5ccccc5c24)c2c4c(sc5ccccc54)c(N(C4=NCNC=N4)c4ccc(C5CC=C(c6ccccc6)O5)cc4)cc2n3-c2ccc(-c3ccccc3)c(-c3ccccc3)c2)N1. The predicted octanol–water partition coefficient (Wildman–Crippen LogP) is 20.1. The summed E-state index contributed by atoms with van der Waals surface area (Å²) in [7, 11) is 0. The van der Waals surface area contributed by atoms with Gasteiger partial charge in [-0.2, -0.15) is 0 Å². The lowest BCUT2D eigenvalue weighted by atomic mass is 9.94. The Bertz CT molecular complexity index is 5370. The van der Waals surface area contributed by atoms with Gasteiger partial charge in [0.2, 0.25) is 12.2 Å². The first-order valence-corrected chi connectivity index (χ1v) is 33.3. The number of hydrogen-bond donors (Lipinski definition) is 2. The molecule has 2 N–H and O–H groups in total. The molecule has 0 saturated carbocycles. The lowest BCUT2D eigenvalue weighted by Gasteiger charge is -2.33. The smallest absolute Gasteiger partial charge is 0.233 e. The fourth-order valence-electron chi connectivity index (χ4n) is 14.3. The summed E-state index contributed by atoms with van der Waals surface area (Å²) in [6, 6.07) is 90.0. The van der Waals surface area contributed by atoms with Crippen molar-refractivity contribution in [2.75, 3.05) is 16.5 Å². The van der Waals surface area contributed by atoms with E-state index in [0.29, 0.717) is 12.6 Å². The maximum absolute atomic E-state index is 6.81. The van der Waals surface area contributed by atoms with Gasteiger partial charge >= 0.3 is 0 Å². The first kappa shape index (κ1) is 54.9. The van der Waals surface area contributed by atoms with Crippen molar-refractivity contribution < 1.29 is 9.47 Å². The van der Waals surface area contributed by atoms with E-state index < -0.39 is 6.29 Å². The monoisotopic (exact) mass is 1240 g/mol. The highest BCUT2D eigenvalue weighted by Gasteiger charge is 2.34. The highest BCUT2D eigenvalue weighted by molar-refractivity contribution is 7.27. The number of ether oxygens (including phenoxy) is 2. The maximum atomic E-state index is 6.81. The fraction of sp³-hybridized carbons (Fsp3) is 0.100. The number of fused-ring (bicyclic) bond motifs is 11. The number of hydrogen-bond acceptors (Lipinski definition) is 12. The molecule has 4 aliphatic rings. The van der Waals surface area contributed by atoms with Crippen molar-refractivity contribution in [3.8, 4) is 27.9 Å². The summed E-state index contributed by atoms with van der Waals surface area (Å²) in [5.41, 5.74) is 16.1. The highest BCUT2D eigenvalue weighted by atomic mass is 32.1. The molecule has 18 rings (SSSR count). The van der Waals surface area contributed by atoms with Crippen molar-refractivity contribution in [1.82, 2.24) is 15.2 Å². The van der Waals surface area contributed by atoms with Gasteiger partial charge in [0.05, 0.1) is 52.0 Å². The summed E-state index contributed by atoms with van der Waals surface area (Å²) < 4.78 is 20.7. The molecule has 0 radical (unpaired) electrons. The van der Waals surface area contributed by atoms with Crippen LogP contribution in [0.15, 0.2) is 275 Å². The molecular weight excluding hydrogens is 1180 g/mol. The van der Waals surface area contributed by atoms with Crippen molar-refractivity contribution in [2.45, 2.75) is 43.9 Å². The molecule has 4 aliphatic heterocycles. The van der Waals surface area contributed by atoms with Crippen LogP contribution in [0, 0.1) is 0 Å². The van der Waals surface area contributed by atoms with Crippen LogP contribution in [0.2, 0.25) is 0 Å². The van der Waals surface area contributed by atoms with E-state index in [1.165, 1.54) is 46.6 Å². The Kier molecular flexibility index (Phi) is 13.6. The standard InChI is InChI=1S/C80H59N9O2S2/c1-5-17-50(18-6-1)59-38-37-58(43-62(59)51-19-7-2-8-20-51)87-64-45-66(89(80-85-48-82-49-86-80)57-35-31-55(32-36-57)70-42-40-68(91-70)53-23-11-4-12-24-53)77-74(61-26-14-16-28-72(61)92-77)75(64)76-65(87)44-63(73-60-25-13-15-27-71(60)93-78(73)76)88(79-83-46-81-47-84-79)56-33-29-54(30-34-56)69-41-39-67(90-69)52-21-9-3-10-22-52/h1-38,40,43-48,67,69-70,79H,39,41-42,49H2,(H,81,83,84)(H,82,85,86). The summed E-state index contributed by atoms with van der Waals surface area (Å²) in [5.74, 6) is 1.50. The number of aromatic nitrogens is 1. The van der Waals surface area contributed by atoms with Gasteiger partial charge in [-0.15, -0.1) is 22.7 Å². The average molecular weight is 1240 g/mol. The lowest BCUT2D eigenvalue weighted by molar-refractivity contribution is 0.0441. The Morgan fingerprint density at radius 3 is 1.76 bits per heavy atom. The van der Waals surface area contributed by atoms with E-state index in [9.17, 15) is 0 Å². The van der Waals surface area contributed by atoms with Gasteiger partial charge in [-0.25, -0.2) is 20.0 Å². The van der Waals surface area contributed by atoms with E-state index in [4.69, 9.17) is 24.5 Å². The molecule has 4 unspecified atom stereocenters. The number of nitrogens with one attached hydrogen (secondary N) is 2. The minimum Gasteiger partial charge on any atom is -0.485 e. The molecule has 0 bridgehead atoms. The van der Waals surface area contributed by atoms with Crippen LogP contribution < -0.4 is 20.4 Å². The molecule has 0 spiro atoms. The van der Waals surface area contributed by atoms with Crippen molar-refractivity contribution in [3.63, 3.8) is 0 Å². The normalized spacial score (nSPS) is 17.7. The number of aliphatic imine (C=N–C) groups is 4. The number of guanidine groups is 1. The van der Waals surface area contributed by atoms with Gasteiger partial charge in [-0.05, 0) is 119 Å². The Morgan fingerprint density at radius 1 is 0.495 bits per heavy atom. The zero-order valence-corrected chi connectivity index (χ0v) is 52.0. The van der Waals surface area contributed by atoms with E-state index in [0.717, 1.165) is 114 Å². The topological polar surface area (TPSA) is 103 Å². The van der Waals surface area contributed by atoms with Gasteiger partial charge in [0.15, 0.2) is 0 Å². The molecule has 11 nitrogen and oxygen atoms in total. The summed E-state index contributed by atoms with van der Waals surface area (Å²) in [6.45, 7) is 0.381. The molecule has 4 atom stereocenters. The van der Waals surface area contributed by atoms with E-state index in [1.807, 2.05) is 28.7 Å². The van der Waals surface area contributed by atoms with Crippen LogP contribution in [0.25, 0.3) is 95.9 Å². The van der Waals surface area contributed by atoms with E-state index in [2.05, 4.69) is 279 Å². The highest BCUT2D eigenvalue weighted by Crippen LogP contribution is 2.55. The van der Waals surface area contributed by atoms with Gasteiger partial charge in [-0.1, -0.05) is 188 Å². The molecule has 448 valence electrons. The van der Waals surface area contributed by atoms with Crippen molar-refractivity contribution in [2.24, 2.45) is 20.0 Å². The van der Waals surface area contributed by atoms with Gasteiger partial charge in [0.1, 0.15) is 24.9 Å². The van der Waals surface area contributed by atoms with Crippen LogP contribution in [-0.4, -0.2) is 42.5 Å². The van der Waals surface area contributed by atoms with E-state index >= 15 is 0 Å². The van der Waals surface area contributed by atoms with Crippen LogP contribution in [0.1, 0.15) is 59.8 Å². The van der Waals surface area contributed by atoms with Gasteiger partial charge < -0.3 is 29.6 Å². The summed E-state index contributed by atoms with van der Waals surface area (Å²) in [5, 5.41) is 13.9. The zero-order chi connectivity index (χ0) is 61.3. The molecule has 0 aliphatic carbocycles. The van der Waals surface area contributed by atoms with Crippen LogP contribution in [-0.2, 0) is 9.47 Å². The minimum atomic E-state index is -0.543. The third-order valence-corrected chi connectivity index (χ3v) is 21.0. The fourth-order valence-corrected chi connectivity index (χ4v) is 16.8. The maximum Gasteiger partial charge on any atom is 0.233 e. The molecule has 0 amide bonds. The van der Waals surface area contributed by atoms with E-state index in [-0.39, 0.29) is 18.3 Å². The molecule has 1 saturated heterocycles. The third kappa shape index (κ3) is 9.57. The minimum absolute atomic E-state index is 0.0269. The van der Waals surface area contributed by atoms with Crippen LogP contribution >= 0.6 is 22.7 Å². The second-order valence-electron chi connectivity index (χ2n) is 23.9. The average Bonchev–Trinajstić information content (AvgIpc) is 1.53. The Balaban J connectivity index is 0.908. The Morgan fingerprint density at radius 2 is 1.09 bits per heavy atom. The number of rotatable bonds is 12. The molecule has 3 aromatic heterocycles. The van der Waals surface area contributed by atoms with Crippen molar-refractivity contribution in [3.05, 3.63) is 277 Å². The summed E-state index contributed by atoms with van der Waals surface area (Å²) >= 11 is 3.67. The van der Waals surface area contributed by atoms with Crippen LogP contribution in [0.4, 0.5) is 22.7 Å². The predicted molar refractivity (Wildman–Crippen MR) is 388 cm³/mol. The quantitative estimate of drug-likeness (QED) is 0.126. The molecule has 7 heterocycles. The van der Waals surface area contributed by atoms with Crippen molar-refractivity contribution in [1.29, 1.82) is 0 Å². The van der Waals surface area contributed by atoms with Crippen LogP contribution in [0.5, 0.6) is 0 Å². The van der Waals surface area contributed by atoms with Gasteiger partial charge in [0, 0.05) is 75.5 Å². The molecule has 14 aromatic rings. The largest absolute Gasteiger partial charge is 0.485 e. The second-order valence-corrected chi connectivity index (χ2v) is 26.0. The molecule has 1 fully saturated rings. The molecular formula is C80H59N9O2S2. The third-order valence-electron chi connectivity index (χ3n) is 18.6. The number of anilines is 4. The zero-order valence-electron chi connectivity index (χ0n) is 50.4. The second kappa shape index (κ2) is 23.1. The number of thiophene rings is 2. The summed E-state index contributed by atoms with van der Waals surface area (Å²) in [4.78, 5) is 24.4. The number of nitrogens with zero attached hydrogens (tertiary/aromatic N) is 7. The molecule has 13 heteroatoms. The van der Waals surface area contributed by atoms with E-state index in [1.54, 1.807) is 19.0 Å². The lowest BCUT2D eigenvalue weighted by Crippen LogP contribution is -2.42. The Labute approximate surface area is 544 Å². The molecule has 11 aromatic carbocycles.